The van der Waals surface area contributed by atoms with Crippen LogP contribution in [-0.2, 0) is 14.3 Å². The summed E-state index contributed by atoms with van der Waals surface area (Å²) in [6.07, 6.45) is -0.790. The van der Waals surface area contributed by atoms with Crippen molar-refractivity contribution >= 4 is 5.97 Å². The van der Waals surface area contributed by atoms with Crippen LogP contribution in [0, 0.1) is 0 Å². The fourth-order valence-corrected chi connectivity index (χ4v) is 0.861. The number of carbonyl (C=O) groups is 1. The average molecular weight is 160 g/mol. The summed E-state index contributed by atoms with van der Waals surface area (Å²) in [4.78, 5) is 11.1. The molecule has 1 aliphatic heterocycles. The molecule has 4 heteroatoms. The van der Waals surface area contributed by atoms with Crippen molar-refractivity contribution in [1.29, 1.82) is 0 Å². The van der Waals surface area contributed by atoms with E-state index in [0.29, 0.717) is 6.61 Å². The van der Waals surface area contributed by atoms with Gasteiger partial charge in [-0.05, 0) is 13.8 Å². The lowest BCUT2D eigenvalue weighted by Gasteiger charge is -2.12. The third-order valence-electron chi connectivity index (χ3n) is 1.75. The first kappa shape index (κ1) is 8.49. The zero-order valence-electron chi connectivity index (χ0n) is 6.66. The van der Waals surface area contributed by atoms with Crippen molar-refractivity contribution in [1.82, 2.24) is 0 Å². The molecule has 1 saturated heterocycles. The van der Waals surface area contributed by atoms with Gasteiger partial charge in [-0.3, -0.25) is 0 Å². The maximum atomic E-state index is 11.1. The molecule has 0 bridgehead atoms. The van der Waals surface area contributed by atoms with Gasteiger partial charge in [0.2, 0.25) is 5.60 Å². The van der Waals surface area contributed by atoms with E-state index in [1.807, 2.05) is 0 Å². The maximum Gasteiger partial charge on any atom is 0.343 e. The van der Waals surface area contributed by atoms with E-state index in [1.54, 1.807) is 6.92 Å². The predicted octanol–water partition coefficient (Wildman–Crippen LogP) is -0.301. The van der Waals surface area contributed by atoms with Crippen LogP contribution in [0.15, 0.2) is 0 Å². The van der Waals surface area contributed by atoms with Gasteiger partial charge in [0, 0.05) is 0 Å². The van der Waals surface area contributed by atoms with Crippen molar-refractivity contribution < 1.29 is 19.4 Å². The van der Waals surface area contributed by atoms with Crippen LogP contribution in [0.1, 0.15) is 13.8 Å². The van der Waals surface area contributed by atoms with E-state index < -0.39 is 17.7 Å². The van der Waals surface area contributed by atoms with Crippen molar-refractivity contribution in [3.8, 4) is 0 Å². The first-order valence-corrected chi connectivity index (χ1v) is 3.62. The second-order valence-electron chi connectivity index (χ2n) is 2.57. The average Bonchev–Trinajstić information content (AvgIpc) is 2.66. The molecule has 0 aromatic heterocycles. The van der Waals surface area contributed by atoms with Crippen molar-refractivity contribution in [2.75, 3.05) is 13.2 Å². The van der Waals surface area contributed by atoms with Crippen molar-refractivity contribution in [2.24, 2.45) is 0 Å². The van der Waals surface area contributed by atoms with Crippen LogP contribution < -0.4 is 0 Å². The molecule has 2 atom stereocenters. The molecular weight excluding hydrogens is 148 g/mol. The van der Waals surface area contributed by atoms with E-state index in [4.69, 9.17) is 14.6 Å². The topological polar surface area (TPSA) is 59.1 Å². The maximum absolute atomic E-state index is 11.1. The number of esters is 1. The summed E-state index contributed by atoms with van der Waals surface area (Å²) in [5, 5.41) is 9.11. The third-order valence-corrected chi connectivity index (χ3v) is 1.75. The first-order valence-electron chi connectivity index (χ1n) is 3.62. The Hall–Kier alpha value is -0.610. The van der Waals surface area contributed by atoms with Gasteiger partial charge in [-0.25, -0.2) is 4.79 Å². The summed E-state index contributed by atoms with van der Waals surface area (Å²) in [6, 6.07) is 0. The van der Waals surface area contributed by atoms with Gasteiger partial charge >= 0.3 is 5.97 Å². The minimum absolute atomic E-state index is 0.267. The standard InChI is InChI=1S/C7H12O4/c1-3-10-6(9)7(4-11-7)5(2)8/h5,8H,3-4H2,1-2H3/t5-,7+/m1/s1. The van der Waals surface area contributed by atoms with E-state index in [-0.39, 0.29) is 6.61 Å². The van der Waals surface area contributed by atoms with Crippen molar-refractivity contribution in [3.05, 3.63) is 0 Å². The summed E-state index contributed by atoms with van der Waals surface area (Å²) < 4.78 is 9.55. The second-order valence-corrected chi connectivity index (χ2v) is 2.57. The summed E-state index contributed by atoms with van der Waals surface area (Å²) in [5.74, 6) is -0.463. The molecule has 0 saturated carbocycles. The Morgan fingerprint density at radius 3 is 2.73 bits per heavy atom. The van der Waals surface area contributed by atoms with E-state index in [2.05, 4.69) is 0 Å². The molecule has 64 valence electrons. The number of aliphatic hydroxyl groups excluding tert-OH is 1. The third kappa shape index (κ3) is 1.36. The molecule has 4 nitrogen and oxygen atoms in total. The molecule has 0 radical (unpaired) electrons. The lowest BCUT2D eigenvalue weighted by Crippen LogP contribution is -2.37. The Bertz CT molecular complexity index is 160. The molecule has 1 fully saturated rings. The Labute approximate surface area is 65.1 Å². The van der Waals surface area contributed by atoms with Gasteiger partial charge in [0.05, 0.1) is 19.3 Å². The van der Waals surface area contributed by atoms with E-state index in [0.717, 1.165) is 0 Å². The number of rotatable bonds is 3. The number of epoxide rings is 1. The van der Waals surface area contributed by atoms with Crippen LogP contribution in [0.25, 0.3) is 0 Å². The second kappa shape index (κ2) is 2.79. The van der Waals surface area contributed by atoms with Crippen LogP contribution >= 0.6 is 0 Å². The molecule has 0 aromatic rings. The number of carbonyl (C=O) groups excluding carboxylic acids is 1. The highest BCUT2D eigenvalue weighted by atomic mass is 16.7. The Balaban J connectivity index is 2.51. The Morgan fingerprint density at radius 1 is 1.91 bits per heavy atom. The van der Waals surface area contributed by atoms with E-state index in [1.165, 1.54) is 6.92 Å². The van der Waals surface area contributed by atoms with Gasteiger partial charge in [0.25, 0.3) is 0 Å². The molecule has 0 unspecified atom stereocenters. The van der Waals surface area contributed by atoms with Gasteiger partial charge in [-0.1, -0.05) is 0 Å². The van der Waals surface area contributed by atoms with Crippen molar-refractivity contribution in [3.63, 3.8) is 0 Å². The van der Waals surface area contributed by atoms with Crippen LogP contribution in [0.3, 0.4) is 0 Å². The minimum Gasteiger partial charge on any atom is -0.464 e. The summed E-state index contributed by atoms with van der Waals surface area (Å²) in [6.45, 7) is 3.82. The Kier molecular flexibility index (Phi) is 2.15. The highest BCUT2D eigenvalue weighted by Crippen LogP contribution is 2.32. The van der Waals surface area contributed by atoms with Gasteiger partial charge in [-0.2, -0.15) is 0 Å². The van der Waals surface area contributed by atoms with E-state index >= 15 is 0 Å². The van der Waals surface area contributed by atoms with Crippen LogP contribution in [0.2, 0.25) is 0 Å². The quantitative estimate of drug-likeness (QED) is 0.455. The molecule has 0 aromatic carbocycles. The zero-order valence-corrected chi connectivity index (χ0v) is 6.66. The molecule has 1 heterocycles. The van der Waals surface area contributed by atoms with Crippen LogP contribution in [0.4, 0.5) is 0 Å². The van der Waals surface area contributed by atoms with Gasteiger partial charge in [-0.15, -0.1) is 0 Å². The van der Waals surface area contributed by atoms with Crippen molar-refractivity contribution in [2.45, 2.75) is 25.6 Å². The highest BCUT2D eigenvalue weighted by molar-refractivity contribution is 5.83. The smallest absolute Gasteiger partial charge is 0.343 e. The number of hydrogen-bond acceptors (Lipinski definition) is 4. The molecule has 0 spiro atoms. The largest absolute Gasteiger partial charge is 0.464 e. The van der Waals surface area contributed by atoms with Crippen LogP contribution in [0.5, 0.6) is 0 Å². The molecular formula is C7H12O4. The normalized spacial score (nSPS) is 31.2. The monoisotopic (exact) mass is 160 g/mol. The number of aliphatic hydroxyl groups is 1. The molecule has 1 aliphatic rings. The fraction of sp³-hybridized carbons (Fsp3) is 0.857. The number of hydrogen-bond donors (Lipinski definition) is 1. The lowest BCUT2D eigenvalue weighted by molar-refractivity contribution is -0.153. The SMILES string of the molecule is CCOC(=O)[C@@]1([C@@H](C)O)CO1. The fourth-order valence-electron chi connectivity index (χ4n) is 0.861. The predicted molar refractivity (Wildman–Crippen MR) is 37.0 cm³/mol. The van der Waals surface area contributed by atoms with Gasteiger partial charge in [0.15, 0.2) is 0 Å². The van der Waals surface area contributed by atoms with Gasteiger partial charge < -0.3 is 14.6 Å². The number of ether oxygens (including phenoxy) is 2. The lowest BCUT2D eigenvalue weighted by atomic mass is 10.1. The zero-order chi connectivity index (χ0) is 8.48. The first-order chi connectivity index (χ1) is 5.13. The summed E-state index contributed by atoms with van der Waals surface area (Å²) in [7, 11) is 0. The molecule has 1 rings (SSSR count). The van der Waals surface area contributed by atoms with E-state index in [9.17, 15) is 4.79 Å². The highest BCUT2D eigenvalue weighted by Gasteiger charge is 2.57. The van der Waals surface area contributed by atoms with Gasteiger partial charge in [0.1, 0.15) is 0 Å². The molecule has 1 N–H and O–H groups in total. The summed E-state index contributed by atoms with van der Waals surface area (Å²) in [5.41, 5.74) is -1.05. The molecule has 0 aliphatic carbocycles. The summed E-state index contributed by atoms with van der Waals surface area (Å²) >= 11 is 0. The minimum atomic E-state index is -1.05. The molecule has 0 amide bonds. The van der Waals surface area contributed by atoms with Crippen LogP contribution in [-0.4, -0.2) is 36.0 Å². The molecule has 11 heavy (non-hydrogen) atoms. The Morgan fingerprint density at radius 2 is 2.45 bits per heavy atom.